The van der Waals surface area contributed by atoms with E-state index in [0.29, 0.717) is 6.54 Å². The topological polar surface area (TPSA) is 40.2 Å². The Morgan fingerprint density at radius 1 is 1.33 bits per heavy atom. The number of nitrogens with zero attached hydrogens (tertiary/aromatic N) is 1. The van der Waals surface area contributed by atoms with Crippen LogP contribution >= 0.6 is 0 Å². The zero-order valence-corrected chi connectivity index (χ0v) is 9.16. The van der Waals surface area contributed by atoms with Crippen LogP contribution in [0, 0.1) is 0 Å². The molecule has 3 heteroatoms. The van der Waals surface area contributed by atoms with Crippen LogP contribution in [0.5, 0.6) is 5.75 Å². The molecule has 2 N–H and O–H groups in total. The van der Waals surface area contributed by atoms with E-state index >= 15 is 0 Å². The first-order valence-electron chi connectivity index (χ1n) is 5.16. The fourth-order valence-electron chi connectivity index (χ4n) is 1.96. The van der Waals surface area contributed by atoms with E-state index in [2.05, 4.69) is 29.7 Å². The lowest BCUT2D eigenvalue weighted by Crippen LogP contribution is -2.05. The van der Waals surface area contributed by atoms with Gasteiger partial charge in [-0.05, 0) is 25.1 Å². The van der Waals surface area contributed by atoms with Crippen molar-refractivity contribution in [3.63, 3.8) is 0 Å². The molecule has 2 aromatic rings. The molecule has 0 spiro atoms. The highest BCUT2D eigenvalue weighted by Crippen LogP contribution is 2.24. The summed E-state index contributed by atoms with van der Waals surface area (Å²) < 4.78 is 7.44. The molecular weight excluding hydrogens is 188 g/mol. The van der Waals surface area contributed by atoms with Crippen molar-refractivity contribution in [1.82, 2.24) is 4.57 Å². The number of methoxy groups -OCH3 is 1. The molecule has 0 aliphatic heterocycles. The zero-order chi connectivity index (χ0) is 10.8. The van der Waals surface area contributed by atoms with Gasteiger partial charge >= 0.3 is 0 Å². The van der Waals surface area contributed by atoms with Gasteiger partial charge in [0.2, 0.25) is 0 Å². The van der Waals surface area contributed by atoms with E-state index in [1.165, 1.54) is 16.6 Å². The quantitative estimate of drug-likeness (QED) is 0.832. The van der Waals surface area contributed by atoms with Gasteiger partial charge in [-0.2, -0.15) is 0 Å². The molecule has 80 valence electrons. The molecule has 0 unspecified atom stereocenters. The second-order valence-electron chi connectivity index (χ2n) is 3.51. The maximum absolute atomic E-state index is 5.71. The van der Waals surface area contributed by atoms with Gasteiger partial charge < -0.3 is 15.0 Å². The Morgan fingerprint density at radius 3 is 2.73 bits per heavy atom. The SMILES string of the molecule is CCn1c(CN)cc2ccc(OC)cc21. The molecule has 0 bridgehead atoms. The lowest BCUT2D eigenvalue weighted by Gasteiger charge is -2.06. The molecule has 0 aliphatic carbocycles. The van der Waals surface area contributed by atoms with Crippen LogP contribution in [0.2, 0.25) is 0 Å². The molecule has 0 aliphatic rings. The largest absolute Gasteiger partial charge is 0.497 e. The highest BCUT2D eigenvalue weighted by atomic mass is 16.5. The van der Waals surface area contributed by atoms with Crippen LogP contribution < -0.4 is 10.5 Å². The van der Waals surface area contributed by atoms with E-state index in [1.54, 1.807) is 7.11 Å². The lowest BCUT2D eigenvalue weighted by atomic mass is 10.2. The Kier molecular flexibility index (Phi) is 2.64. The number of ether oxygens (including phenoxy) is 1. The molecule has 3 nitrogen and oxygen atoms in total. The monoisotopic (exact) mass is 204 g/mol. The third kappa shape index (κ3) is 1.59. The lowest BCUT2D eigenvalue weighted by molar-refractivity contribution is 0.415. The van der Waals surface area contributed by atoms with Crippen molar-refractivity contribution in [3.8, 4) is 5.75 Å². The predicted molar refractivity (Wildman–Crippen MR) is 62.1 cm³/mol. The summed E-state index contributed by atoms with van der Waals surface area (Å²) in [5, 5.41) is 1.22. The summed E-state index contributed by atoms with van der Waals surface area (Å²) in [7, 11) is 1.68. The fraction of sp³-hybridized carbons (Fsp3) is 0.333. The summed E-state index contributed by atoms with van der Waals surface area (Å²) in [6.07, 6.45) is 0. The van der Waals surface area contributed by atoms with Crippen LogP contribution in [0.15, 0.2) is 24.3 Å². The van der Waals surface area contributed by atoms with Gasteiger partial charge in [-0.3, -0.25) is 0 Å². The third-order valence-corrected chi connectivity index (χ3v) is 2.72. The van der Waals surface area contributed by atoms with Gasteiger partial charge in [0.25, 0.3) is 0 Å². The summed E-state index contributed by atoms with van der Waals surface area (Å²) in [6.45, 7) is 3.63. The van der Waals surface area contributed by atoms with Crippen LogP contribution in [0.3, 0.4) is 0 Å². The first-order valence-corrected chi connectivity index (χ1v) is 5.16. The molecule has 1 heterocycles. The Bertz CT molecular complexity index is 474. The first-order chi connectivity index (χ1) is 7.30. The normalized spacial score (nSPS) is 10.9. The highest BCUT2D eigenvalue weighted by molar-refractivity contribution is 5.82. The van der Waals surface area contributed by atoms with E-state index in [0.717, 1.165) is 12.3 Å². The summed E-state index contributed by atoms with van der Waals surface area (Å²) >= 11 is 0. The molecule has 0 atom stereocenters. The number of benzene rings is 1. The molecule has 0 saturated carbocycles. The molecule has 0 fully saturated rings. The Labute approximate surface area is 89.4 Å². The van der Waals surface area contributed by atoms with E-state index in [9.17, 15) is 0 Å². The number of hydrogen-bond donors (Lipinski definition) is 1. The smallest absolute Gasteiger partial charge is 0.120 e. The van der Waals surface area contributed by atoms with Crippen molar-refractivity contribution in [2.24, 2.45) is 5.73 Å². The molecule has 0 saturated heterocycles. The van der Waals surface area contributed by atoms with Gasteiger partial charge in [0.05, 0.1) is 12.6 Å². The van der Waals surface area contributed by atoms with Gasteiger partial charge in [-0.25, -0.2) is 0 Å². The Morgan fingerprint density at radius 2 is 2.13 bits per heavy atom. The second kappa shape index (κ2) is 3.95. The zero-order valence-electron chi connectivity index (χ0n) is 9.16. The number of rotatable bonds is 3. The molecule has 1 aromatic heterocycles. The summed E-state index contributed by atoms with van der Waals surface area (Å²) in [5.74, 6) is 0.888. The van der Waals surface area contributed by atoms with Crippen LogP contribution in [0.4, 0.5) is 0 Å². The Hall–Kier alpha value is -1.48. The van der Waals surface area contributed by atoms with Crippen molar-refractivity contribution in [3.05, 3.63) is 30.0 Å². The maximum Gasteiger partial charge on any atom is 0.120 e. The number of fused-ring (bicyclic) bond motifs is 1. The minimum atomic E-state index is 0.574. The van der Waals surface area contributed by atoms with Gasteiger partial charge in [-0.1, -0.05) is 0 Å². The minimum absolute atomic E-state index is 0.574. The number of hydrogen-bond acceptors (Lipinski definition) is 2. The average molecular weight is 204 g/mol. The number of aryl methyl sites for hydroxylation is 1. The maximum atomic E-state index is 5.71. The molecule has 1 aromatic carbocycles. The van der Waals surface area contributed by atoms with E-state index < -0.39 is 0 Å². The van der Waals surface area contributed by atoms with Gasteiger partial charge in [0, 0.05) is 30.2 Å². The standard InChI is InChI=1S/C12H16N2O/c1-3-14-10(8-13)6-9-4-5-11(15-2)7-12(9)14/h4-7H,3,8,13H2,1-2H3. The fourth-order valence-corrected chi connectivity index (χ4v) is 1.96. The van der Waals surface area contributed by atoms with Gasteiger partial charge in [0.15, 0.2) is 0 Å². The summed E-state index contributed by atoms with van der Waals surface area (Å²) in [5.41, 5.74) is 8.07. The molecule has 0 radical (unpaired) electrons. The number of nitrogens with two attached hydrogens (primary N) is 1. The summed E-state index contributed by atoms with van der Waals surface area (Å²) in [4.78, 5) is 0. The van der Waals surface area contributed by atoms with Crippen molar-refractivity contribution in [2.75, 3.05) is 7.11 Å². The first kappa shape index (κ1) is 10.1. The van der Waals surface area contributed by atoms with Crippen molar-refractivity contribution in [2.45, 2.75) is 20.0 Å². The molecule has 0 amide bonds. The van der Waals surface area contributed by atoms with Crippen LogP contribution in [-0.2, 0) is 13.1 Å². The summed E-state index contributed by atoms with van der Waals surface area (Å²) in [6, 6.07) is 8.23. The van der Waals surface area contributed by atoms with E-state index in [4.69, 9.17) is 10.5 Å². The highest BCUT2D eigenvalue weighted by Gasteiger charge is 2.06. The van der Waals surface area contributed by atoms with Crippen molar-refractivity contribution in [1.29, 1.82) is 0 Å². The van der Waals surface area contributed by atoms with Crippen molar-refractivity contribution < 1.29 is 4.74 Å². The van der Waals surface area contributed by atoms with Gasteiger partial charge in [0.1, 0.15) is 5.75 Å². The number of aromatic nitrogens is 1. The predicted octanol–water partition coefficient (Wildman–Crippen LogP) is 2.13. The average Bonchev–Trinajstić information content (AvgIpc) is 2.65. The van der Waals surface area contributed by atoms with E-state index in [-0.39, 0.29) is 0 Å². The van der Waals surface area contributed by atoms with Crippen LogP contribution in [0.1, 0.15) is 12.6 Å². The molecular formula is C12H16N2O. The van der Waals surface area contributed by atoms with E-state index in [1.807, 2.05) is 6.07 Å². The van der Waals surface area contributed by atoms with Crippen LogP contribution in [-0.4, -0.2) is 11.7 Å². The van der Waals surface area contributed by atoms with Gasteiger partial charge in [-0.15, -0.1) is 0 Å². The molecule has 2 rings (SSSR count). The van der Waals surface area contributed by atoms with Crippen molar-refractivity contribution >= 4 is 10.9 Å². The molecule has 15 heavy (non-hydrogen) atoms. The minimum Gasteiger partial charge on any atom is -0.497 e. The second-order valence-corrected chi connectivity index (χ2v) is 3.51. The Balaban J connectivity index is 2.67. The third-order valence-electron chi connectivity index (χ3n) is 2.72. The van der Waals surface area contributed by atoms with Crippen LogP contribution in [0.25, 0.3) is 10.9 Å².